The van der Waals surface area contributed by atoms with Crippen LogP contribution < -0.4 is 13.7 Å². The minimum absolute atomic E-state index is 0.432. The summed E-state index contributed by atoms with van der Waals surface area (Å²) < 4.78 is 28.5. The molecule has 156 valence electrons. The zero-order valence-corrected chi connectivity index (χ0v) is 18.7. The number of fused-ring (bicyclic) bond motifs is 3. The van der Waals surface area contributed by atoms with Crippen LogP contribution in [0.25, 0.3) is 10.8 Å². The minimum Gasteiger partial charge on any atom is -0.400 e. The van der Waals surface area contributed by atoms with Gasteiger partial charge in [-0.3, -0.25) is 4.67 Å². The molecule has 0 saturated carbocycles. The molecule has 1 atom stereocenters. The molecule has 0 aliphatic carbocycles. The van der Waals surface area contributed by atoms with Crippen molar-refractivity contribution in [3.8, 4) is 11.5 Å². The van der Waals surface area contributed by atoms with Crippen molar-refractivity contribution < 1.29 is 13.6 Å². The van der Waals surface area contributed by atoms with Crippen molar-refractivity contribution in [2.24, 2.45) is 0 Å². The van der Waals surface area contributed by atoms with Gasteiger partial charge in [0, 0.05) is 11.3 Å². The molecule has 0 saturated heterocycles. The normalized spacial score (nSPS) is 17.8. The first-order valence-electron chi connectivity index (χ1n) is 10.4. The van der Waals surface area contributed by atoms with E-state index in [1.54, 1.807) is 4.67 Å². The Morgan fingerprint density at radius 3 is 2.29 bits per heavy atom. The van der Waals surface area contributed by atoms with Gasteiger partial charge in [-0.15, -0.1) is 0 Å². The molecular weight excluding hydrogens is 405 g/mol. The van der Waals surface area contributed by atoms with Crippen LogP contribution in [-0.2, 0) is 11.1 Å². The number of rotatable bonds is 3. The lowest BCUT2D eigenvalue weighted by molar-refractivity contribution is 0.369. The smallest absolute Gasteiger partial charge is 0.400 e. The number of para-hydroxylation sites is 1. The summed E-state index contributed by atoms with van der Waals surface area (Å²) >= 11 is 0. The summed E-state index contributed by atoms with van der Waals surface area (Å²) in [5.74, 6) is 1.21. The standard InChI is InChI=1S/C26H24NO3P/c1-18-11-14-22(15-12-18)27-17-24-23-10-5-4-9-21(23)13-16-25(24)29-31(27,28)30-26-19(2)7-6-8-20(26)3/h4-16H,17H2,1-3H3. The van der Waals surface area contributed by atoms with E-state index in [0.29, 0.717) is 18.0 Å². The van der Waals surface area contributed by atoms with Gasteiger partial charge < -0.3 is 9.05 Å². The van der Waals surface area contributed by atoms with Crippen LogP contribution in [0.4, 0.5) is 5.69 Å². The van der Waals surface area contributed by atoms with Crippen LogP contribution in [0.2, 0.25) is 0 Å². The summed E-state index contributed by atoms with van der Waals surface area (Å²) in [6, 6.07) is 25.9. The van der Waals surface area contributed by atoms with Crippen LogP contribution >= 0.6 is 7.75 Å². The topological polar surface area (TPSA) is 38.8 Å². The van der Waals surface area contributed by atoms with Crippen LogP contribution in [0.1, 0.15) is 22.3 Å². The van der Waals surface area contributed by atoms with Gasteiger partial charge in [0.1, 0.15) is 11.5 Å². The monoisotopic (exact) mass is 429 g/mol. The molecular formula is C26H24NO3P. The Kier molecular flexibility index (Phi) is 4.75. The van der Waals surface area contributed by atoms with Crippen molar-refractivity contribution in [3.05, 3.63) is 101 Å². The summed E-state index contributed by atoms with van der Waals surface area (Å²) in [5, 5.41) is 2.22. The molecule has 1 heterocycles. The zero-order chi connectivity index (χ0) is 21.6. The van der Waals surface area contributed by atoms with Gasteiger partial charge in [0.15, 0.2) is 0 Å². The second kappa shape index (κ2) is 7.47. The van der Waals surface area contributed by atoms with Crippen molar-refractivity contribution in [1.29, 1.82) is 0 Å². The molecule has 0 radical (unpaired) electrons. The third-order valence-corrected chi connectivity index (χ3v) is 7.57. The van der Waals surface area contributed by atoms with Gasteiger partial charge in [0.2, 0.25) is 0 Å². The Bertz CT molecular complexity index is 1310. The number of benzene rings is 4. The number of aryl methyl sites for hydroxylation is 3. The summed E-state index contributed by atoms with van der Waals surface area (Å²) in [5.41, 5.74) is 4.80. The van der Waals surface area contributed by atoms with Gasteiger partial charge in [-0.1, -0.05) is 66.2 Å². The first-order chi connectivity index (χ1) is 14.9. The van der Waals surface area contributed by atoms with Gasteiger partial charge in [0.25, 0.3) is 0 Å². The molecule has 0 bridgehead atoms. The maximum absolute atomic E-state index is 14.3. The van der Waals surface area contributed by atoms with Gasteiger partial charge in [-0.25, -0.2) is 4.57 Å². The maximum atomic E-state index is 14.3. The van der Waals surface area contributed by atoms with Gasteiger partial charge >= 0.3 is 7.75 Å². The number of hydrogen-bond donors (Lipinski definition) is 0. The molecule has 0 aromatic heterocycles. The maximum Gasteiger partial charge on any atom is 0.544 e. The van der Waals surface area contributed by atoms with Crippen LogP contribution in [0.3, 0.4) is 0 Å². The molecule has 1 aliphatic rings. The Morgan fingerprint density at radius 1 is 0.839 bits per heavy atom. The van der Waals surface area contributed by atoms with E-state index in [1.807, 2.05) is 87.5 Å². The van der Waals surface area contributed by atoms with Crippen molar-refractivity contribution in [3.63, 3.8) is 0 Å². The molecule has 4 aromatic rings. The predicted molar refractivity (Wildman–Crippen MR) is 126 cm³/mol. The SMILES string of the molecule is Cc1ccc(N2Cc3c(ccc4ccccc34)OP2(=O)Oc2c(C)cccc2C)cc1. The van der Waals surface area contributed by atoms with E-state index >= 15 is 0 Å². The largest absolute Gasteiger partial charge is 0.544 e. The second-order valence-corrected chi connectivity index (χ2v) is 9.81. The van der Waals surface area contributed by atoms with Crippen molar-refractivity contribution >= 4 is 24.2 Å². The van der Waals surface area contributed by atoms with E-state index in [1.165, 1.54) is 0 Å². The Balaban J connectivity index is 1.67. The average molecular weight is 429 g/mol. The zero-order valence-electron chi connectivity index (χ0n) is 17.8. The highest BCUT2D eigenvalue weighted by Gasteiger charge is 2.43. The fraction of sp³-hybridized carbons (Fsp3) is 0.154. The van der Waals surface area contributed by atoms with Crippen LogP contribution in [0.5, 0.6) is 11.5 Å². The molecule has 5 heteroatoms. The fourth-order valence-electron chi connectivity index (χ4n) is 4.05. The molecule has 1 unspecified atom stereocenters. The quantitative estimate of drug-likeness (QED) is 0.319. The molecule has 0 fully saturated rings. The third-order valence-electron chi connectivity index (χ3n) is 5.76. The van der Waals surface area contributed by atoms with E-state index < -0.39 is 7.75 Å². The van der Waals surface area contributed by atoms with E-state index in [4.69, 9.17) is 9.05 Å². The van der Waals surface area contributed by atoms with Gasteiger partial charge in [-0.2, -0.15) is 0 Å². The molecule has 0 spiro atoms. The molecule has 0 N–H and O–H groups in total. The summed E-state index contributed by atoms with van der Waals surface area (Å²) in [4.78, 5) is 0. The molecule has 5 rings (SSSR count). The van der Waals surface area contributed by atoms with Crippen molar-refractivity contribution in [2.45, 2.75) is 27.3 Å². The molecule has 31 heavy (non-hydrogen) atoms. The van der Waals surface area contributed by atoms with E-state index in [0.717, 1.165) is 38.7 Å². The molecule has 4 nitrogen and oxygen atoms in total. The lowest BCUT2D eigenvalue weighted by Crippen LogP contribution is -2.29. The van der Waals surface area contributed by atoms with E-state index in [9.17, 15) is 4.57 Å². The summed E-state index contributed by atoms with van der Waals surface area (Å²) in [6.07, 6.45) is 0. The van der Waals surface area contributed by atoms with Crippen LogP contribution in [0, 0.1) is 20.8 Å². The van der Waals surface area contributed by atoms with Crippen LogP contribution in [-0.4, -0.2) is 0 Å². The summed E-state index contributed by atoms with van der Waals surface area (Å²) in [7, 11) is -3.71. The minimum atomic E-state index is -3.71. The lowest BCUT2D eigenvalue weighted by atomic mass is 10.0. The predicted octanol–water partition coefficient (Wildman–Crippen LogP) is 7.35. The highest BCUT2D eigenvalue weighted by molar-refractivity contribution is 7.56. The van der Waals surface area contributed by atoms with Crippen molar-refractivity contribution in [2.75, 3.05) is 4.67 Å². The Labute approximate surface area is 182 Å². The van der Waals surface area contributed by atoms with Gasteiger partial charge in [-0.05, 0) is 60.9 Å². The number of nitrogens with zero attached hydrogens (tertiary/aromatic N) is 1. The lowest BCUT2D eigenvalue weighted by Gasteiger charge is -2.37. The van der Waals surface area contributed by atoms with E-state index in [2.05, 4.69) is 12.1 Å². The first-order valence-corrected chi connectivity index (χ1v) is 11.8. The van der Waals surface area contributed by atoms with E-state index in [-0.39, 0.29) is 0 Å². The Hall–Kier alpha value is -3.23. The third kappa shape index (κ3) is 3.47. The number of anilines is 1. The number of hydrogen-bond acceptors (Lipinski definition) is 3. The highest BCUT2D eigenvalue weighted by Crippen LogP contribution is 2.59. The molecule has 0 amide bonds. The fourth-order valence-corrected chi connectivity index (χ4v) is 5.95. The van der Waals surface area contributed by atoms with Crippen molar-refractivity contribution in [1.82, 2.24) is 0 Å². The highest BCUT2D eigenvalue weighted by atomic mass is 31.2. The Morgan fingerprint density at radius 2 is 1.55 bits per heavy atom. The van der Waals surface area contributed by atoms with Crippen LogP contribution in [0.15, 0.2) is 78.9 Å². The first kappa shape index (κ1) is 19.7. The molecule has 4 aromatic carbocycles. The summed E-state index contributed by atoms with van der Waals surface area (Å²) in [6.45, 7) is 6.38. The second-order valence-electron chi connectivity index (χ2n) is 8.03. The molecule has 1 aliphatic heterocycles. The average Bonchev–Trinajstić information content (AvgIpc) is 2.76. The van der Waals surface area contributed by atoms with Gasteiger partial charge in [0.05, 0.1) is 6.54 Å².